The molecule has 0 atom stereocenters. The van der Waals surface area contributed by atoms with Gasteiger partial charge in [0.05, 0.1) is 13.0 Å². The molecule has 3 heteroatoms. The number of halogens is 1. The summed E-state index contributed by atoms with van der Waals surface area (Å²) in [6.45, 7) is 0. The number of Topliss-reactive ketones (excluding diaryl/α,β-unsaturated/α-hetero) is 1. The van der Waals surface area contributed by atoms with E-state index in [9.17, 15) is 4.79 Å². The van der Waals surface area contributed by atoms with Gasteiger partial charge in [-0.2, -0.15) is 0 Å². The number of hydrogen-bond donors (Lipinski definition) is 0. The quantitative estimate of drug-likeness (QED) is 0.583. The van der Waals surface area contributed by atoms with Crippen LogP contribution in [0.15, 0.2) is 12.1 Å². The zero-order valence-electron chi connectivity index (χ0n) is 8.68. The van der Waals surface area contributed by atoms with Crippen molar-refractivity contribution >= 4 is 17.4 Å². The fourth-order valence-electron chi connectivity index (χ4n) is 2.20. The standard InChI is InChI=1S/C12H13ClO2/c1-15-12-6-5-9(11(14)7-13)8-3-2-4-10(8)12/h5-6H,2-4,7H2,1H3. The Morgan fingerprint density at radius 1 is 1.40 bits per heavy atom. The third-order valence-corrected chi connectivity index (χ3v) is 3.13. The number of carbonyl (C=O) groups excluding carboxylic acids is 1. The number of hydrogen-bond acceptors (Lipinski definition) is 2. The van der Waals surface area contributed by atoms with Crippen LogP contribution in [-0.2, 0) is 12.8 Å². The summed E-state index contributed by atoms with van der Waals surface area (Å²) in [5, 5.41) is 0. The van der Waals surface area contributed by atoms with Gasteiger partial charge < -0.3 is 4.74 Å². The third-order valence-electron chi connectivity index (χ3n) is 2.88. The van der Waals surface area contributed by atoms with Crippen molar-refractivity contribution in [3.8, 4) is 5.75 Å². The molecule has 1 aliphatic rings. The highest BCUT2D eigenvalue weighted by atomic mass is 35.5. The zero-order valence-corrected chi connectivity index (χ0v) is 9.43. The lowest BCUT2D eigenvalue weighted by Crippen LogP contribution is -2.05. The molecule has 15 heavy (non-hydrogen) atoms. The summed E-state index contributed by atoms with van der Waals surface area (Å²) in [5.41, 5.74) is 3.10. The molecule has 0 radical (unpaired) electrons. The minimum atomic E-state index is 0.0115. The number of ether oxygens (including phenoxy) is 1. The minimum absolute atomic E-state index is 0.0115. The van der Waals surface area contributed by atoms with E-state index < -0.39 is 0 Å². The van der Waals surface area contributed by atoms with Crippen molar-refractivity contribution in [2.45, 2.75) is 19.3 Å². The first kappa shape index (κ1) is 10.5. The molecule has 0 N–H and O–H groups in total. The second-order valence-corrected chi connectivity index (χ2v) is 3.95. The molecule has 0 aliphatic heterocycles. The van der Waals surface area contributed by atoms with Crippen molar-refractivity contribution in [2.75, 3.05) is 13.0 Å². The summed E-state index contributed by atoms with van der Waals surface area (Å²) in [6, 6.07) is 3.69. The van der Waals surface area contributed by atoms with Crippen molar-refractivity contribution in [1.29, 1.82) is 0 Å². The van der Waals surface area contributed by atoms with Crippen LogP contribution in [0, 0.1) is 0 Å². The number of ketones is 1. The Morgan fingerprint density at radius 3 is 2.80 bits per heavy atom. The van der Waals surface area contributed by atoms with E-state index in [1.54, 1.807) is 7.11 Å². The maximum atomic E-state index is 11.6. The summed E-state index contributed by atoms with van der Waals surface area (Å²) in [7, 11) is 1.66. The summed E-state index contributed by atoms with van der Waals surface area (Å²) >= 11 is 5.58. The normalized spacial score (nSPS) is 13.7. The molecule has 2 rings (SSSR count). The van der Waals surface area contributed by atoms with E-state index in [4.69, 9.17) is 16.3 Å². The number of methoxy groups -OCH3 is 1. The van der Waals surface area contributed by atoms with Crippen molar-refractivity contribution in [1.82, 2.24) is 0 Å². The fraction of sp³-hybridized carbons (Fsp3) is 0.417. The Labute approximate surface area is 94.2 Å². The first-order valence-electron chi connectivity index (χ1n) is 5.06. The monoisotopic (exact) mass is 224 g/mol. The molecule has 0 fully saturated rings. The van der Waals surface area contributed by atoms with Gasteiger partial charge in [-0.3, -0.25) is 4.79 Å². The number of rotatable bonds is 3. The van der Waals surface area contributed by atoms with Gasteiger partial charge in [-0.1, -0.05) is 0 Å². The molecular weight excluding hydrogens is 212 g/mol. The molecule has 0 unspecified atom stereocenters. The molecule has 1 aromatic carbocycles. The predicted octanol–water partition coefficient (Wildman–Crippen LogP) is 2.61. The Balaban J connectivity index is 2.51. The first-order valence-corrected chi connectivity index (χ1v) is 5.59. The van der Waals surface area contributed by atoms with Crippen LogP contribution in [0.4, 0.5) is 0 Å². The van der Waals surface area contributed by atoms with Crippen LogP contribution in [0.5, 0.6) is 5.75 Å². The lowest BCUT2D eigenvalue weighted by molar-refractivity contribution is 0.102. The molecule has 1 aliphatic carbocycles. The number of alkyl halides is 1. The molecule has 0 spiro atoms. The molecule has 1 aromatic rings. The molecular formula is C12H13ClO2. The van der Waals surface area contributed by atoms with Gasteiger partial charge in [0.15, 0.2) is 5.78 Å². The second kappa shape index (κ2) is 4.23. The fourth-order valence-corrected chi connectivity index (χ4v) is 2.34. The van der Waals surface area contributed by atoms with Crippen LogP contribution in [0.3, 0.4) is 0 Å². The molecule has 0 amide bonds. The second-order valence-electron chi connectivity index (χ2n) is 3.68. The first-order chi connectivity index (χ1) is 7.27. The average molecular weight is 225 g/mol. The Hall–Kier alpha value is -1.02. The molecule has 80 valence electrons. The van der Waals surface area contributed by atoms with Crippen LogP contribution in [0.1, 0.15) is 27.9 Å². The molecule has 0 bridgehead atoms. The van der Waals surface area contributed by atoms with Crippen molar-refractivity contribution in [3.63, 3.8) is 0 Å². The maximum absolute atomic E-state index is 11.6. The highest BCUT2D eigenvalue weighted by molar-refractivity contribution is 6.30. The molecule has 0 saturated heterocycles. The molecule has 2 nitrogen and oxygen atoms in total. The number of fused-ring (bicyclic) bond motifs is 1. The van der Waals surface area contributed by atoms with Gasteiger partial charge in [-0.05, 0) is 42.5 Å². The maximum Gasteiger partial charge on any atom is 0.177 e. The smallest absolute Gasteiger partial charge is 0.177 e. The molecule has 0 aromatic heterocycles. The van der Waals surface area contributed by atoms with E-state index in [2.05, 4.69) is 0 Å². The van der Waals surface area contributed by atoms with Crippen LogP contribution >= 0.6 is 11.6 Å². The summed E-state index contributed by atoms with van der Waals surface area (Å²) in [4.78, 5) is 11.6. The number of carbonyl (C=O) groups is 1. The lowest BCUT2D eigenvalue weighted by Gasteiger charge is -2.10. The average Bonchev–Trinajstić information content (AvgIpc) is 2.75. The van der Waals surface area contributed by atoms with E-state index in [1.807, 2.05) is 12.1 Å². The highest BCUT2D eigenvalue weighted by Gasteiger charge is 2.21. The molecule has 0 heterocycles. The van der Waals surface area contributed by atoms with E-state index in [-0.39, 0.29) is 11.7 Å². The van der Waals surface area contributed by atoms with Gasteiger partial charge >= 0.3 is 0 Å². The third kappa shape index (κ3) is 1.74. The minimum Gasteiger partial charge on any atom is -0.496 e. The van der Waals surface area contributed by atoms with Crippen molar-refractivity contribution in [3.05, 3.63) is 28.8 Å². The molecule has 0 saturated carbocycles. The van der Waals surface area contributed by atoms with Gasteiger partial charge in [0.2, 0.25) is 0 Å². The SMILES string of the molecule is COc1ccc(C(=O)CCl)c2c1CCC2. The zero-order chi connectivity index (χ0) is 10.8. The summed E-state index contributed by atoms with van der Waals surface area (Å²) in [6.07, 6.45) is 3.06. The van der Waals surface area contributed by atoms with Gasteiger partial charge in [0.25, 0.3) is 0 Å². The van der Waals surface area contributed by atoms with E-state index >= 15 is 0 Å². The summed E-state index contributed by atoms with van der Waals surface area (Å²) < 4.78 is 5.28. The number of benzene rings is 1. The Kier molecular flexibility index (Phi) is 2.96. The Morgan fingerprint density at radius 2 is 2.13 bits per heavy atom. The van der Waals surface area contributed by atoms with Crippen LogP contribution < -0.4 is 4.74 Å². The van der Waals surface area contributed by atoms with Gasteiger partial charge in [-0.25, -0.2) is 0 Å². The van der Waals surface area contributed by atoms with Gasteiger partial charge in [-0.15, -0.1) is 11.6 Å². The topological polar surface area (TPSA) is 26.3 Å². The largest absolute Gasteiger partial charge is 0.496 e. The van der Waals surface area contributed by atoms with Crippen LogP contribution in [-0.4, -0.2) is 18.8 Å². The van der Waals surface area contributed by atoms with Crippen molar-refractivity contribution < 1.29 is 9.53 Å². The highest BCUT2D eigenvalue weighted by Crippen LogP contribution is 2.33. The summed E-state index contributed by atoms with van der Waals surface area (Å²) in [5.74, 6) is 0.963. The van der Waals surface area contributed by atoms with Gasteiger partial charge in [0.1, 0.15) is 5.75 Å². The van der Waals surface area contributed by atoms with Crippen LogP contribution in [0.2, 0.25) is 0 Å². The Bertz CT molecular complexity index is 399. The van der Waals surface area contributed by atoms with Gasteiger partial charge in [0, 0.05) is 5.56 Å². The van der Waals surface area contributed by atoms with E-state index in [0.29, 0.717) is 0 Å². The lowest BCUT2D eigenvalue weighted by atomic mass is 10.00. The van der Waals surface area contributed by atoms with E-state index in [1.165, 1.54) is 5.56 Å². The van der Waals surface area contributed by atoms with Crippen LogP contribution in [0.25, 0.3) is 0 Å². The predicted molar refractivity (Wildman–Crippen MR) is 60.1 cm³/mol. The van der Waals surface area contributed by atoms with Crippen molar-refractivity contribution in [2.24, 2.45) is 0 Å². The van der Waals surface area contributed by atoms with E-state index in [0.717, 1.165) is 36.1 Å².